The van der Waals surface area contributed by atoms with Gasteiger partial charge in [-0.2, -0.15) is 0 Å². The second kappa shape index (κ2) is 6.24. The molecule has 1 fully saturated rings. The van der Waals surface area contributed by atoms with Crippen molar-refractivity contribution in [2.75, 3.05) is 19.7 Å². The lowest BCUT2D eigenvalue weighted by Crippen LogP contribution is -2.35. The lowest BCUT2D eigenvalue weighted by Gasteiger charge is -2.16. The molecule has 0 radical (unpaired) electrons. The summed E-state index contributed by atoms with van der Waals surface area (Å²) in [6.45, 7) is 4.36. The fourth-order valence-corrected chi connectivity index (χ4v) is 2.34. The molecule has 0 bridgehead atoms. The molecule has 100 valence electrons. The summed E-state index contributed by atoms with van der Waals surface area (Å²) >= 11 is 3.27. The van der Waals surface area contributed by atoms with E-state index in [1.54, 1.807) is 4.90 Å². The standard InChI is InChI=1S/C12H17BrN2O3/c1-2-17-12(16)15-6-5-9(8-15)14-7-10-3-4-11(13)18-10/h3-4,9,14H,2,5-8H2,1H3/t9-/m1/s1. The highest BCUT2D eigenvalue weighted by Gasteiger charge is 2.26. The summed E-state index contributed by atoms with van der Waals surface area (Å²) in [5.41, 5.74) is 0. The average molecular weight is 317 g/mol. The van der Waals surface area contributed by atoms with E-state index in [0.29, 0.717) is 25.7 Å². The van der Waals surface area contributed by atoms with E-state index in [4.69, 9.17) is 9.15 Å². The molecule has 5 nitrogen and oxygen atoms in total. The Bertz CT molecular complexity index is 408. The van der Waals surface area contributed by atoms with E-state index in [-0.39, 0.29) is 6.09 Å². The molecule has 1 aliphatic heterocycles. The Balaban J connectivity index is 1.74. The molecule has 1 N–H and O–H groups in total. The summed E-state index contributed by atoms with van der Waals surface area (Å²) in [6.07, 6.45) is 0.725. The number of carbonyl (C=O) groups is 1. The number of nitrogens with zero attached hydrogens (tertiary/aromatic N) is 1. The van der Waals surface area contributed by atoms with Crippen LogP contribution in [0.2, 0.25) is 0 Å². The van der Waals surface area contributed by atoms with Crippen LogP contribution in [0.5, 0.6) is 0 Å². The Hall–Kier alpha value is -1.01. The summed E-state index contributed by atoms with van der Waals surface area (Å²) in [7, 11) is 0. The maximum Gasteiger partial charge on any atom is 0.409 e. The summed E-state index contributed by atoms with van der Waals surface area (Å²) in [6, 6.07) is 4.10. The molecule has 1 aliphatic rings. The minimum absolute atomic E-state index is 0.220. The van der Waals surface area contributed by atoms with E-state index in [1.165, 1.54) is 0 Å². The number of ether oxygens (including phenoxy) is 1. The first-order valence-electron chi connectivity index (χ1n) is 6.08. The Morgan fingerprint density at radius 3 is 3.17 bits per heavy atom. The summed E-state index contributed by atoms with van der Waals surface area (Å²) in [5.74, 6) is 0.886. The van der Waals surface area contributed by atoms with E-state index in [9.17, 15) is 4.79 Å². The third-order valence-electron chi connectivity index (χ3n) is 2.91. The minimum Gasteiger partial charge on any atom is -0.453 e. The van der Waals surface area contributed by atoms with Crippen molar-refractivity contribution >= 4 is 22.0 Å². The molecule has 2 rings (SSSR count). The molecule has 0 aromatic carbocycles. The topological polar surface area (TPSA) is 54.7 Å². The first-order chi connectivity index (χ1) is 8.69. The predicted octanol–water partition coefficient (Wildman–Crippen LogP) is 2.36. The van der Waals surface area contributed by atoms with Gasteiger partial charge in [-0.25, -0.2) is 4.79 Å². The molecule has 1 saturated heterocycles. The van der Waals surface area contributed by atoms with Crippen LogP contribution >= 0.6 is 15.9 Å². The van der Waals surface area contributed by atoms with Crippen LogP contribution in [0, 0.1) is 0 Å². The number of hydrogen-bond donors (Lipinski definition) is 1. The number of nitrogens with one attached hydrogen (secondary N) is 1. The van der Waals surface area contributed by atoms with Crippen LogP contribution in [0.15, 0.2) is 21.2 Å². The fourth-order valence-electron chi connectivity index (χ4n) is 2.00. The molecule has 0 saturated carbocycles. The van der Waals surface area contributed by atoms with Crippen molar-refractivity contribution in [2.24, 2.45) is 0 Å². The van der Waals surface area contributed by atoms with E-state index < -0.39 is 0 Å². The first kappa shape index (κ1) is 13.4. The lowest BCUT2D eigenvalue weighted by molar-refractivity contribution is 0.115. The van der Waals surface area contributed by atoms with Gasteiger partial charge in [0.25, 0.3) is 0 Å². The first-order valence-corrected chi connectivity index (χ1v) is 6.87. The highest BCUT2D eigenvalue weighted by molar-refractivity contribution is 9.10. The third kappa shape index (κ3) is 3.49. The van der Waals surface area contributed by atoms with Crippen LogP contribution in [0.3, 0.4) is 0 Å². The highest BCUT2D eigenvalue weighted by atomic mass is 79.9. The van der Waals surface area contributed by atoms with Crippen molar-refractivity contribution < 1.29 is 13.9 Å². The summed E-state index contributed by atoms with van der Waals surface area (Å²) < 4.78 is 11.1. The molecular weight excluding hydrogens is 300 g/mol. The Morgan fingerprint density at radius 2 is 2.50 bits per heavy atom. The SMILES string of the molecule is CCOC(=O)N1CC[C@@H](NCc2ccc(Br)o2)C1. The van der Waals surface area contributed by atoms with Crippen LogP contribution < -0.4 is 5.32 Å². The van der Waals surface area contributed by atoms with Crippen molar-refractivity contribution in [1.29, 1.82) is 0 Å². The zero-order valence-corrected chi connectivity index (χ0v) is 11.9. The fraction of sp³-hybridized carbons (Fsp3) is 0.583. The monoisotopic (exact) mass is 316 g/mol. The lowest BCUT2D eigenvalue weighted by atomic mass is 10.2. The maximum atomic E-state index is 11.5. The zero-order chi connectivity index (χ0) is 13.0. The van der Waals surface area contributed by atoms with Crippen LogP contribution in [0.25, 0.3) is 0 Å². The number of halogens is 1. The van der Waals surface area contributed by atoms with Crippen molar-refractivity contribution in [1.82, 2.24) is 10.2 Å². The molecule has 1 aromatic heterocycles. The van der Waals surface area contributed by atoms with Crippen molar-refractivity contribution in [3.05, 3.63) is 22.6 Å². The van der Waals surface area contributed by atoms with Gasteiger partial charge in [0.15, 0.2) is 4.67 Å². The van der Waals surface area contributed by atoms with E-state index in [2.05, 4.69) is 21.2 Å². The Morgan fingerprint density at radius 1 is 1.67 bits per heavy atom. The van der Waals surface area contributed by atoms with Gasteiger partial charge in [0.05, 0.1) is 13.2 Å². The molecule has 18 heavy (non-hydrogen) atoms. The van der Waals surface area contributed by atoms with Gasteiger partial charge < -0.3 is 19.4 Å². The molecule has 0 spiro atoms. The number of likely N-dealkylation sites (tertiary alicyclic amines) is 1. The predicted molar refractivity (Wildman–Crippen MR) is 70.2 cm³/mol. The normalized spacial score (nSPS) is 19.2. The van der Waals surface area contributed by atoms with E-state index in [1.807, 2.05) is 19.1 Å². The number of carbonyl (C=O) groups excluding carboxylic acids is 1. The molecule has 1 amide bonds. The molecule has 0 unspecified atom stereocenters. The minimum atomic E-state index is -0.220. The molecule has 6 heteroatoms. The van der Waals surface area contributed by atoms with Crippen molar-refractivity contribution in [3.63, 3.8) is 0 Å². The molecule has 0 aliphatic carbocycles. The van der Waals surface area contributed by atoms with Crippen LogP contribution in [0.1, 0.15) is 19.1 Å². The van der Waals surface area contributed by atoms with Gasteiger partial charge in [-0.1, -0.05) is 0 Å². The highest BCUT2D eigenvalue weighted by Crippen LogP contribution is 2.15. The summed E-state index contributed by atoms with van der Waals surface area (Å²) in [5, 5.41) is 3.37. The number of hydrogen-bond acceptors (Lipinski definition) is 4. The zero-order valence-electron chi connectivity index (χ0n) is 10.3. The molecular formula is C12H17BrN2O3. The third-order valence-corrected chi connectivity index (χ3v) is 3.33. The molecule has 2 heterocycles. The van der Waals surface area contributed by atoms with Gasteiger partial charge >= 0.3 is 6.09 Å². The van der Waals surface area contributed by atoms with Crippen molar-refractivity contribution in [2.45, 2.75) is 25.9 Å². The van der Waals surface area contributed by atoms with Gasteiger partial charge in [0.2, 0.25) is 0 Å². The van der Waals surface area contributed by atoms with Gasteiger partial charge in [-0.15, -0.1) is 0 Å². The summed E-state index contributed by atoms with van der Waals surface area (Å²) in [4.78, 5) is 13.3. The van der Waals surface area contributed by atoms with Gasteiger partial charge in [0, 0.05) is 19.1 Å². The van der Waals surface area contributed by atoms with Gasteiger partial charge in [-0.05, 0) is 41.4 Å². The number of rotatable bonds is 4. The molecule has 1 aromatic rings. The van der Waals surface area contributed by atoms with Crippen LogP contribution in [0.4, 0.5) is 4.79 Å². The van der Waals surface area contributed by atoms with E-state index >= 15 is 0 Å². The number of furan rings is 1. The van der Waals surface area contributed by atoms with Gasteiger partial charge in [0.1, 0.15) is 5.76 Å². The number of amides is 1. The quantitative estimate of drug-likeness (QED) is 0.926. The Labute approximate surface area is 115 Å². The average Bonchev–Trinajstić information content (AvgIpc) is 2.95. The molecule has 1 atom stereocenters. The second-order valence-corrected chi connectivity index (χ2v) is 5.00. The van der Waals surface area contributed by atoms with Gasteiger partial charge in [-0.3, -0.25) is 0 Å². The Kier molecular flexibility index (Phi) is 4.66. The van der Waals surface area contributed by atoms with Crippen LogP contribution in [-0.2, 0) is 11.3 Å². The maximum absolute atomic E-state index is 11.5. The second-order valence-electron chi connectivity index (χ2n) is 4.22. The van der Waals surface area contributed by atoms with E-state index in [0.717, 1.165) is 23.4 Å². The smallest absolute Gasteiger partial charge is 0.409 e. The largest absolute Gasteiger partial charge is 0.453 e. The van der Waals surface area contributed by atoms with Crippen molar-refractivity contribution in [3.8, 4) is 0 Å². The van der Waals surface area contributed by atoms with Crippen LogP contribution in [-0.4, -0.2) is 36.7 Å².